The number of benzene rings is 2. The summed E-state index contributed by atoms with van der Waals surface area (Å²) < 4.78 is 0. The Morgan fingerprint density at radius 2 is 1.81 bits per heavy atom. The molecule has 109 valence electrons. The number of rotatable bonds is 4. The lowest BCUT2D eigenvalue weighted by Gasteiger charge is -2.25. The Labute approximate surface area is 135 Å². The van der Waals surface area contributed by atoms with E-state index in [9.17, 15) is 4.79 Å². The van der Waals surface area contributed by atoms with Crippen molar-refractivity contribution in [3.8, 4) is 0 Å². The maximum atomic E-state index is 12.3. The van der Waals surface area contributed by atoms with Gasteiger partial charge < -0.3 is 4.90 Å². The maximum Gasteiger partial charge on any atom is 0.227 e. The molecule has 21 heavy (non-hydrogen) atoms. The minimum absolute atomic E-state index is 0.0164. The second-order valence-corrected chi connectivity index (χ2v) is 5.67. The number of nitrogens with zero attached hydrogens (tertiary/aromatic N) is 1. The second-order valence-electron chi connectivity index (χ2n) is 4.86. The summed E-state index contributed by atoms with van der Waals surface area (Å²) in [6.45, 7) is 4.06. The third-order valence-corrected chi connectivity index (χ3v) is 4.12. The molecule has 0 aliphatic carbocycles. The monoisotopic (exact) mass is 320 g/mol. The first kappa shape index (κ1) is 15.9. The van der Waals surface area contributed by atoms with Crippen molar-refractivity contribution in [2.75, 3.05) is 7.05 Å². The SMILES string of the molecule is [CH2][C@@H](c1ccccc1)N(C)C(=O)Cc1ccc(Cl)c(Cl)c1. The zero-order valence-electron chi connectivity index (χ0n) is 11.7. The Bertz CT molecular complexity index is 628. The first-order valence-electron chi connectivity index (χ1n) is 6.56. The molecular formula is C17H16Cl2NO. The summed E-state index contributed by atoms with van der Waals surface area (Å²) in [5, 5.41) is 0.944. The van der Waals surface area contributed by atoms with E-state index in [1.165, 1.54) is 0 Å². The number of likely N-dealkylation sites (N-methyl/N-ethyl adjacent to an activating group) is 1. The Balaban J connectivity index is 2.07. The normalized spacial score (nSPS) is 12.0. The molecule has 1 amide bonds. The molecule has 2 aromatic rings. The molecule has 0 aliphatic heterocycles. The van der Waals surface area contributed by atoms with E-state index in [0.29, 0.717) is 10.0 Å². The number of carbonyl (C=O) groups is 1. The highest BCUT2D eigenvalue weighted by Crippen LogP contribution is 2.24. The maximum absolute atomic E-state index is 12.3. The predicted molar refractivity (Wildman–Crippen MR) is 87.5 cm³/mol. The van der Waals surface area contributed by atoms with Gasteiger partial charge in [-0.15, -0.1) is 0 Å². The van der Waals surface area contributed by atoms with Gasteiger partial charge in [-0.05, 0) is 30.2 Å². The molecule has 2 nitrogen and oxygen atoms in total. The van der Waals surface area contributed by atoms with Crippen molar-refractivity contribution in [2.24, 2.45) is 0 Å². The van der Waals surface area contributed by atoms with E-state index in [1.54, 1.807) is 30.1 Å². The number of carbonyl (C=O) groups excluding carboxylic acids is 1. The van der Waals surface area contributed by atoms with Gasteiger partial charge in [0.05, 0.1) is 22.5 Å². The molecule has 0 unspecified atom stereocenters. The predicted octanol–water partition coefficient (Wildman–Crippen LogP) is 4.57. The molecular weight excluding hydrogens is 305 g/mol. The van der Waals surface area contributed by atoms with Gasteiger partial charge in [-0.25, -0.2) is 0 Å². The average molecular weight is 321 g/mol. The number of hydrogen-bond donors (Lipinski definition) is 0. The first-order chi connectivity index (χ1) is 9.99. The molecule has 0 bridgehead atoms. The molecule has 0 spiro atoms. The Kier molecular flexibility index (Phi) is 5.27. The van der Waals surface area contributed by atoms with Crippen LogP contribution in [0.4, 0.5) is 0 Å². The molecule has 0 saturated heterocycles. The fraction of sp³-hybridized carbons (Fsp3) is 0.176. The standard InChI is InChI=1S/C17H16Cl2NO/c1-12(14-6-4-3-5-7-14)20(2)17(21)11-13-8-9-15(18)16(19)10-13/h3-10,12H,1,11H2,2H3/t12-/m0/s1. The third kappa shape index (κ3) is 3.99. The van der Waals surface area contributed by atoms with Crippen LogP contribution >= 0.6 is 23.2 Å². The van der Waals surface area contributed by atoms with E-state index in [-0.39, 0.29) is 18.4 Å². The highest BCUT2D eigenvalue weighted by Gasteiger charge is 2.17. The summed E-state index contributed by atoms with van der Waals surface area (Å²) >= 11 is 11.8. The minimum atomic E-state index is -0.221. The summed E-state index contributed by atoms with van der Waals surface area (Å²) in [4.78, 5) is 14.0. The van der Waals surface area contributed by atoms with E-state index >= 15 is 0 Å². The average Bonchev–Trinajstić information content (AvgIpc) is 2.50. The van der Waals surface area contributed by atoms with Gasteiger partial charge in [0, 0.05) is 7.05 Å². The summed E-state index contributed by atoms with van der Waals surface area (Å²) in [5.41, 5.74) is 1.84. The highest BCUT2D eigenvalue weighted by atomic mass is 35.5. The van der Waals surface area contributed by atoms with Crippen molar-refractivity contribution in [2.45, 2.75) is 12.5 Å². The number of amides is 1. The molecule has 0 aliphatic rings. The summed E-state index contributed by atoms with van der Waals surface area (Å²) in [6.07, 6.45) is 0.270. The Morgan fingerprint density at radius 3 is 2.43 bits per heavy atom. The van der Waals surface area contributed by atoms with Crippen LogP contribution in [0.5, 0.6) is 0 Å². The van der Waals surface area contributed by atoms with Gasteiger partial charge in [0.1, 0.15) is 0 Å². The third-order valence-electron chi connectivity index (χ3n) is 3.38. The van der Waals surface area contributed by atoms with Crippen LogP contribution in [0.2, 0.25) is 10.0 Å². The lowest BCUT2D eigenvalue weighted by atomic mass is 10.1. The molecule has 0 N–H and O–H groups in total. The van der Waals surface area contributed by atoms with Crippen LogP contribution in [0.1, 0.15) is 17.2 Å². The van der Waals surface area contributed by atoms with Gasteiger partial charge in [-0.1, -0.05) is 59.6 Å². The van der Waals surface area contributed by atoms with Gasteiger partial charge in [0.15, 0.2) is 0 Å². The van der Waals surface area contributed by atoms with Gasteiger partial charge in [-0.2, -0.15) is 0 Å². The minimum Gasteiger partial charge on any atom is -0.338 e. The smallest absolute Gasteiger partial charge is 0.227 e. The van der Waals surface area contributed by atoms with Crippen LogP contribution in [0.15, 0.2) is 48.5 Å². The van der Waals surface area contributed by atoms with Crippen molar-refractivity contribution in [3.63, 3.8) is 0 Å². The molecule has 4 heteroatoms. The molecule has 0 fully saturated rings. The van der Waals surface area contributed by atoms with Gasteiger partial charge in [0.25, 0.3) is 0 Å². The highest BCUT2D eigenvalue weighted by molar-refractivity contribution is 6.42. The van der Waals surface area contributed by atoms with Crippen molar-refractivity contribution < 1.29 is 4.79 Å². The molecule has 2 rings (SSSR count). The van der Waals surface area contributed by atoms with Crippen molar-refractivity contribution in [1.29, 1.82) is 0 Å². The van der Waals surface area contributed by atoms with Gasteiger partial charge >= 0.3 is 0 Å². The summed E-state index contributed by atoms with van der Waals surface area (Å²) in [7, 11) is 1.75. The van der Waals surface area contributed by atoms with E-state index in [4.69, 9.17) is 23.2 Å². The van der Waals surface area contributed by atoms with E-state index in [0.717, 1.165) is 11.1 Å². The fourth-order valence-electron chi connectivity index (χ4n) is 2.02. The van der Waals surface area contributed by atoms with Crippen molar-refractivity contribution in [1.82, 2.24) is 4.90 Å². The van der Waals surface area contributed by atoms with E-state index < -0.39 is 0 Å². The molecule has 1 atom stereocenters. The van der Waals surface area contributed by atoms with Crippen molar-refractivity contribution >= 4 is 29.1 Å². The molecule has 1 radical (unpaired) electrons. The second kappa shape index (κ2) is 6.97. The fourth-order valence-corrected chi connectivity index (χ4v) is 2.34. The van der Waals surface area contributed by atoms with E-state index in [1.807, 2.05) is 30.3 Å². The first-order valence-corrected chi connectivity index (χ1v) is 7.32. The lowest BCUT2D eigenvalue weighted by molar-refractivity contribution is -0.130. The summed E-state index contributed by atoms with van der Waals surface area (Å²) in [6, 6.07) is 14.7. The topological polar surface area (TPSA) is 20.3 Å². The summed E-state index contributed by atoms with van der Waals surface area (Å²) in [5.74, 6) is -0.0164. The molecule has 0 aromatic heterocycles. The molecule has 0 saturated carbocycles. The number of hydrogen-bond acceptors (Lipinski definition) is 1. The Hall–Kier alpha value is -1.51. The van der Waals surface area contributed by atoms with Crippen LogP contribution in [0.3, 0.4) is 0 Å². The van der Waals surface area contributed by atoms with E-state index in [2.05, 4.69) is 6.92 Å². The van der Waals surface area contributed by atoms with Crippen LogP contribution in [0, 0.1) is 6.92 Å². The largest absolute Gasteiger partial charge is 0.338 e. The van der Waals surface area contributed by atoms with Gasteiger partial charge in [-0.3, -0.25) is 4.79 Å². The van der Waals surface area contributed by atoms with Crippen LogP contribution in [-0.4, -0.2) is 17.9 Å². The quantitative estimate of drug-likeness (QED) is 0.808. The molecule has 0 heterocycles. The zero-order chi connectivity index (χ0) is 15.4. The zero-order valence-corrected chi connectivity index (χ0v) is 13.2. The van der Waals surface area contributed by atoms with Gasteiger partial charge in [0.2, 0.25) is 5.91 Å². The van der Waals surface area contributed by atoms with Crippen molar-refractivity contribution in [3.05, 3.63) is 76.6 Å². The van der Waals surface area contributed by atoms with Crippen LogP contribution in [0.25, 0.3) is 0 Å². The van der Waals surface area contributed by atoms with Crippen LogP contribution < -0.4 is 0 Å². The Morgan fingerprint density at radius 1 is 1.14 bits per heavy atom. The molecule has 2 aromatic carbocycles. The van der Waals surface area contributed by atoms with Crippen LogP contribution in [-0.2, 0) is 11.2 Å². The lowest BCUT2D eigenvalue weighted by Crippen LogP contribution is -2.31. The number of halogens is 2.